The van der Waals surface area contributed by atoms with Crippen LogP contribution < -0.4 is 14.8 Å². The fraction of sp³-hybridized carbons (Fsp3) is 0.381. The quantitative estimate of drug-likeness (QED) is 0.804. The van der Waals surface area contributed by atoms with E-state index in [4.69, 9.17) is 9.47 Å². The summed E-state index contributed by atoms with van der Waals surface area (Å²) in [5, 5.41) is 12.7. The maximum absolute atomic E-state index is 12.9. The predicted molar refractivity (Wildman–Crippen MR) is 111 cm³/mol. The largest absolute Gasteiger partial charge is 0.493 e. The standard InChI is InChI=1S/C21H23N3O4S/c1-13-15(12-22)20(29-18(13)21(26)24-9-5-4-6-10-24)23-19(25)14-7-8-16(27-2)17(11-14)28-3/h7-8,11H,4-6,9-10H2,1-3H3,(H,23,25). The third kappa shape index (κ3) is 4.20. The molecule has 0 spiro atoms. The van der Waals surface area contributed by atoms with Gasteiger partial charge in [0, 0.05) is 18.7 Å². The number of nitrogens with zero attached hydrogens (tertiary/aromatic N) is 2. The summed E-state index contributed by atoms with van der Waals surface area (Å²) in [5.41, 5.74) is 1.29. The van der Waals surface area contributed by atoms with Gasteiger partial charge in [-0.3, -0.25) is 9.59 Å². The summed E-state index contributed by atoms with van der Waals surface area (Å²) in [7, 11) is 3.01. The van der Waals surface area contributed by atoms with Gasteiger partial charge in [-0.15, -0.1) is 11.3 Å². The third-order valence-electron chi connectivity index (χ3n) is 4.97. The molecule has 0 saturated carbocycles. The maximum atomic E-state index is 12.9. The Morgan fingerprint density at radius 3 is 2.45 bits per heavy atom. The predicted octanol–water partition coefficient (Wildman–Crippen LogP) is 3.82. The van der Waals surface area contributed by atoms with Gasteiger partial charge in [-0.05, 0) is 49.9 Å². The number of hydrogen-bond acceptors (Lipinski definition) is 6. The highest BCUT2D eigenvalue weighted by atomic mass is 32.1. The van der Waals surface area contributed by atoms with Gasteiger partial charge in [0.15, 0.2) is 11.5 Å². The van der Waals surface area contributed by atoms with Gasteiger partial charge in [0.25, 0.3) is 11.8 Å². The van der Waals surface area contributed by atoms with Gasteiger partial charge >= 0.3 is 0 Å². The second-order valence-corrected chi connectivity index (χ2v) is 7.77. The van der Waals surface area contributed by atoms with Crippen LogP contribution in [0.15, 0.2) is 18.2 Å². The first-order valence-corrected chi connectivity index (χ1v) is 10.2. The van der Waals surface area contributed by atoms with Crippen LogP contribution in [0.5, 0.6) is 11.5 Å². The number of ether oxygens (including phenoxy) is 2. The van der Waals surface area contributed by atoms with Crippen molar-refractivity contribution in [1.29, 1.82) is 5.26 Å². The molecule has 3 rings (SSSR count). The number of piperidine rings is 1. The van der Waals surface area contributed by atoms with Crippen molar-refractivity contribution in [3.63, 3.8) is 0 Å². The van der Waals surface area contributed by atoms with E-state index in [0.29, 0.717) is 38.1 Å². The summed E-state index contributed by atoms with van der Waals surface area (Å²) in [6.45, 7) is 3.20. The fourth-order valence-electron chi connectivity index (χ4n) is 3.33. The molecule has 1 fully saturated rings. The van der Waals surface area contributed by atoms with Crippen LogP contribution >= 0.6 is 11.3 Å². The minimum absolute atomic E-state index is 0.0738. The van der Waals surface area contributed by atoms with Crippen molar-refractivity contribution in [2.75, 3.05) is 32.6 Å². The zero-order valence-corrected chi connectivity index (χ0v) is 17.5. The van der Waals surface area contributed by atoms with Crippen LogP contribution in [0.2, 0.25) is 0 Å². The minimum Gasteiger partial charge on any atom is -0.493 e. The van der Waals surface area contributed by atoms with E-state index >= 15 is 0 Å². The van der Waals surface area contributed by atoms with Crippen molar-refractivity contribution < 1.29 is 19.1 Å². The van der Waals surface area contributed by atoms with Gasteiger partial charge in [0.05, 0.1) is 24.7 Å². The van der Waals surface area contributed by atoms with Crippen molar-refractivity contribution >= 4 is 28.2 Å². The number of nitriles is 1. The zero-order chi connectivity index (χ0) is 21.0. The van der Waals surface area contributed by atoms with E-state index in [2.05, 4.69) is 11.4 Å². The first-order valence-electron chi connectivity index (χ1n) is 9.36. The highest BCUT2D eigenvalue weighted by molar-refractivity contribution is 7.18. The van der Waals surface area contributed by atoms with E-state index in [9.17, 15) is 14.9 Å². The SMILES string of the molecule is COc1ccc(C(=O)Nc2sc(C(=O)N3CCCCC3)c(C)c2C#N)cc1OC. The smallest absolute Gasteiger partial charge is 0.264 e. The lowest BCUT2D eigenvalue weighted by molar-refractivity contribution is 0.0728. The molecule has 2 amide bonds. The summed E-state index contributed by atoms with van der Waals surface area (Å²) in [4.78, 5) is 28.0. The molecule has 1 aromatic heterocycles. The number of amides is 2. The number of benzene rings is 1. The van der Waals surface area contributed by atoms with E-state index in [-0.39, 0.29) is 11.8 Å². The molecular formula is C21H23N3O4S. The Balaban J connectivity index is 1.86. The van der Waals surface area contributed by atoms with Crippen LogP contribution in [-0.2, 0) is 0 Å². The molecule has 0 atom stereocenters. The van der Waals surface area contributed by atoms with Gasteiger partial charge < -0.3 is 19.7 Å². The molecule has 1 aromatic carbocycles. The number of rotatable bonds is 5. The van der Waals surface area contributed by atoms with Gasteiger partial charge in [0.2, 0.25) is 0 Å². The number of carbonyl (C=O) groups excluding carboxylic acids is 2. The first kappa shape index (κ1) is 20.7. The molecule has 0 unspecified atom stereocenters. The zero-order valence-electron chi connectivity index (χ0n) is 16.7. The molecule has 2 aromatic rings. The van der Waals surface area contributed by atoms with Crippen LogP contribution in [0, 0.1) is 18.3 Å². The average Bonchev–Trinajstić information content (AvgIpc) is 3.07. The lowest BCUT2D eigenvalue weighted by atomic mass is 10.1. The molecule has 7 nitrogen and oxygen atoms in total. The van der Waals surface area contributed by atoms with Crippen molar-refractivity contribution in [2.45, 2.75) is 26.2 Å². The Labute approximate surface area is 173 Å². The molecule has 8 heteroatoms. The van der Waals surface area contributed by atoms with Crippen LogP contribution in [0.3, 0.4) is 0 Å². The van der Waals surface area contributed by atoms with Gasteiger partial charge in [-0.1, -0.05) is 0 Å². The summed E-state index contributed by atoms with van der Waals surface area (Å²) >= 11 is 1.15. The normalized spacial score (nSPS) is 13.5. The van der Waals surface area contributed by atoms with Crippen molar-refractivity contribution in [1.82, 2.24) is 4.90 Å². The molecule has 1 saturated heterocycles. The van der Waals surface area contributed by atoms with E-state index in [0.717, 1.165) is 43.7 Å². The van der Waals surface area contributed by atoms with E-state index in [1.807, 2.05) is 4.90 Å². The molecule has 152 valence electrons. The number of anilines is 1. The van der Waals surface area contributed by atoms with Gasteiger partial charge in [-0.2, -0.15) is 5.26 Å². The molecule has 1 N–H and O–H groups in total. The Bertz CT molecular complexity index is 971. The van der Waals surface area contributed by atoms with Gasteiger partial charge in [0.1, 0.15) is 11.1 Å². The highest BCUT2D eigenvalue weighted by Gasteiger charge is 2.26. The first-order chi connectivity index (χ1) is 14.0. The number of carbonyl (C=O) groups is 2. The van der Waals surface area contributed by atoms with Crippen LogP contribution in [-0.4, -0.2) is 44.0 Å². The Hall–Kier alpha value is -3.05. The average molecular weight is 413 g/mol. The summed E-state index contributed by atoms with van der Waals surface area (Å²) in [5.74, 6) is 0.489. The third-order valence-corrected chi connectivity index (χ3v) is 6.16. The van der Waals surface area contributed by atoms with Crippen LogP contribution in [0.25, 0.3) is 0 Å². The molecule has 29 heavy (non-hydrogen) atoms. The van der Waals surface area contributed by atoms with Crippen molar-refractivity contribution in [3.8, 4) is 17.6 Å². The summed E-state index contributed by atoms with van der Waals surface area (Å²) in [6, 6.07) is 6.95. The molecule has 2 heterocycles. The van der Waals surface area contributed by atoms with E-state index in [1.54, 1.807) is 25.1 Å². The molecule has 0 radical (unpaired) electrons. The second-order valence-electron chi connectivity index (χ2n) is 6.75. The molecule has 1 aliphatic rings. The van der Waals surface area contributed by atoms with Crippen LogP contribution in [0.1, 0.15) is 50.4 Å². The molecule has 1 aliphatic heterocycles. The lowest BCUT2D eigenvalue weighted by Crippen LogP contribution is -2.35. The second kappa shape index (κ2) is 8.97. The molecular weight excluding hydrogens is 390 g/mol. The Morgan fingerprint density at radius 1 is 1.14 bits per heavy atom. The summed E-state index contributed by atoms with van der Waals surface area (Å²) in [6.07, 6.45) is 3.11. The van der Waals surface area contributed by atoms with E-state index in [1.165, 1.54) is 14.2 Å². The van der Waals surface area contributed by atoms with Crippen LogP contribution in [0.4, 0.5) is 5.00 Å². The number of likely N-dealkylation sites (tertiary alicyclic amines) is 1. The van der Waals surface area contributed by atoms with Crippen molar-refractivity contribution in [3.05, 3.63) is 39.8 Å². The summed E-state index contributed by atoms with van der Waals surface area (Å²) < 4.78 is 10.4. The highest BCUT2D eigenvalue weighted by Crippen LogP contribution is 2.35. The monoisotopic (exact) mass is 413 g/mol. The molecule has 0 bridgehead atoms. The lowest BCUT2D eigenvalue weighted by Gasteiger charge is -2.26. The maximum Gasteiger partial charge on any atom is 0.264 e. The van der Waals surface area contributed by atoms with E-state index < -0.39 is 0 Å². The number of hydrogen-bond donors (Lipinski definition) is 1. The number of thiophene rings is 1. The number of methoxy groups -OCH3 is 2. The Morgan fingerprint density at radius 2 is 1.83 bits per heavy atom. The minimum atomic E-state index is -0.388. The van der Waals surface area contributed by atoms with Gasteiger partial charge in [-0.25, -0.2) is 0 Å². The topological polar surface area (TPSA) is 91.7 Å². The molecule has 0 aliphatic carbocycles. The fourth-order valence-corrected chi connectivity index (χ4v) is 4.45. The number of nitrogens with one attached hydrogen (secondary N) is 1. The Kier molecular flexibility index (Phi) is 6.39. The van der Waals surface area contributed by atoms with Crippen molar-refractivity contribution in [2.24, 2.45) is 0 Å².